The highest BCUT2D eigenvalue weighted by atomic mass is 32.2. The molecule has 0 spiro atoms. The molecule has 0 aliphatic rings. The molecule has 0 fully saturated rings. The van der Waals surface area contributed by atoms with Gasteiger partial charge in [-0.2, -0.15) is 4.31 Å². The number of halogens is 2. The number of ether oxygens (including phenoxy) is 2. The van der Waals surface area contributed by atoms with Crippen LogP contribution in [0.3, 0.4) is 0 Å². The zero-order chi connectivity index (χ0) is 16.9. The fourth-order valence-corrected chi connectivity index (χ4v) is 2.94. The first-order valence-electron chi connectivity index (χ1n) is 5.81. The summed E-state index contributed by atoms with van der Waals surface area (Å²) < 4.78 is 60.8. The van der Waals surface area contributed by atoms with E-state index in [-0.39, 0.29) is 4.31 Å². The van der Waals surface area contributed by atoms with Crippen LogP contribution in [0.4, 0.5) is 8.78 Å². The highest BCUT2D eigenvalue weighted by Crippen LogP contribution is 2.22. The van der Waals surface area contributed by atoms with E-state index < -0.39 is 51.6 Å². The molecule has 0 saturated heterocycles. The minimum atomic E-state index is -4.79. The lowest BCUT2D eigenvalue weighted by Crippen LogP contribution is -2.40. The van der Waals surface area contributed by atoms with Crippen LogP contribution in [0.5, 0.6) is 0 Å². The number of methoxy groups -OCH3 is 2. The molecule has 0 aliphatic carbocycles. The number of carbonyl (C=O) groups excluding carboxylic acids is 2. The Labute approximate surface area is 125 Å². The van der Waals surface area contributed by atoms with Gasteiger partial charge in [0.05, 0.1) is 14.2 Å². The van der Waals surface area contributed by atoms with Crippen LogP contribution >= 0.6 is 0 Å². The molecule has 1 aromatic rings. The number of sulfonamides is 1. The van der Waals surface area contributed by atoms with Crippen LogP contribution in [0.2, 0.25) is 0 Å². The van der Waals surface area contributed by atoms with Crippen LogP contribution in [0.15, 0.2) is 23.1 Å². The van der Waals surface area contributed by atoms with Gasteiger partial charge in [0, 0.05) is 0 Å². The monoisotopic (exact) mass is 337 g/mol. The maximum absolute atomic E-state index is 13.7. The Morgan fingerprint density at radius 1 is 1.05 bits per heavy atom. The van der Waals surface area contributed by atoms with Gasteiger partial charge in [0.1, 0.15) is 24.7 Å². The van der Waals surface area contributed by atoms with Crippen LogP contribution in [-0.2, 0) is 29.1 Å². The van der Waals surface area contributed by atoms with Gasteiger partial charge in [0.25, 0.3) is 0 Å². The van der Waals surface area contributed by atoms with Gasteiger partial charge in [0.15, 0.2) is 4.90 Å². The van der Waals surface area contributed by atoms with Gasteiger partial charge in [-0.1, -0.05) is 6.07 Å². The molecule has 0 radical (unpaired) electrons. The summed E-state index contributed by atoms with van der Waals surface area (Å²) in [5.74, 6) is -4.71. The lowest BCUT2D eigenvalue weighted by molar-refractivity contribution is -0.143. The zero-order valence-corrected chi connectivity index (χ0v) is 12.5. The molecule has 0 amide bonds. The van der Waals surface area contributed by atoms with Crippen molar-refractivity contribution in [3.8, 4) is 0 Å². The first kappa shape index (κ1) is 18.0. The molecule has 0 aromatic heterocycles. The molecule has 0 saturated carbocycles. The Balaban J connectivity index is 3.32. The third kappa shape index (κ3) is 3.98. The van der Waals surface area contributed by atoms with E-state index in [4.69, 9.17) is 0 Å². The molecular formula is C12H13F2NO6S. The third-order valence-electron chi connectivity index (χ3n) is 2.58. The van der Waals surface area contributed by atoms with Crippen LogP contribution in [0, 0.1) is 11.6 Å². The van der Waals surface area contributed by atoms with Crippen LogP contribution in [-0.4, -0.2) is 52.0 Å². The molecule has 10 heteroatoms. The summed E-state index contributed by atoms with van der Waals surface area (Å²) >= 11 is 0. The number of carbonyl (C=O) groups is 2. The normalized spacial score (nSPS) is 11.3. The van der Waals surface area contributed by atoms with E-state index in [9.17, 15) is 26.8 Å². The maximum atomic E-state index is 13.7. The molecule has 22 heavy (non-hydrogen) atoms. The third-order valence-corrected chi connectivity index (χ3v) is 4.43. The fraction of sp³-hybridized carbons (Fsp3) is 0.333. The Kier molecular flexibility index (Phi) is 5.94. The smallest absolute Gasteiger partial charge is 0.321 e. The predicted octanol–water partition coefficient (Wildman–Crippen LogP) is 0.301. The number of hydrogen-bond donors (Lipinski definition) is 0. The van der Waals surface area contributed by atoms with E-state index in [1.807, 2.05) is 0 Å². The summed E-state index contributed by atoms with van der Waals surface area (Å²) in [5, 5.41) is 0. The van der Waals surface area contributed by atoms with Gasteiger partial charge in [-0.05, 0) is 12.1 Å². The molecule has 0 unspecified atom stereocenters. The molecule has 1 aromatic carbocycles. The number of rotatable bonds is 6. The van der Waals surface area contributed by atoms with E-state index in [2.05, 4.69) is 9.47 Å². The van der Waals surface area contributed by atoms with E-state index in [0.717, 1.165) is 32.4 Å². The first-order valence-corrected chi connectivity index (χ1v) is 7.25. The Bertz CT molecular complexity index is 638. The summed E-state index contributed by atoms with van der Waals surface area (Å²) in [6, 6.07) is 2.46. The van der Waals surface area contributed by atoms with Gasteiger partial charge in [-0.15, -0.1) is 0 Å². The largest absolute Gasteiger partial charge is 0.468 e. The number of nitrogens with zero attached hydrogens (tertiary/aromatic N) is 1. The highest BCUT2D eigenvalue weighted by Gasteiger charge is 2.34. The van der Waals surface area contributed by atoms with Crippen molar-refractivity contribution in [2.24, 2.45) is 0 Å². The molecule has 0 aliphatic heterocycles. The minimum absolute atomic E-state index is 0.270. The topological polar surface area (TPSA) is 90.0 Å². The van der Waals surface area contributed by atoms with Crippen molar-refractivity contribution in [1.29, 1.82) is 0 Å². The van der Waals surface area contributed by atoms with Crippen LogP contribution < -0.4 is 0 Å². The van der Waals surface area contributed by atoms with Crippen molar-refractivity contribution < 1.29 is 36.3 Å². The van der Waals surface area contributed by atoms with Gasteiger partial charge in [-0.25, -0.2) is 17.2 Å². The Morgan fingerprint density at radius 2 is 1.45 bits per heavy atom. The van der Waals surface area contributed by atoms with Crippen LogP contribution in [0.25, 0.3) is 0 Å². The van der Waals surface area contributed by atoms with Crippen LogP contribution in [0.1, 0.15) is 0 Å². The zero-order valence-electron chi connectivity index (χ0n) is 11.7. The Morgan fingerprint density at radius 3 is 1.82 bits per heavy atom. The molecule has 1 rings (SSSR count). The maximum Gasteiger partial charge on any atom is 0.321 e. The van der Waals surface area contributed by atoms with E-state index in [0.29, 0.717) is 0 Å². The summed E-state index contributed by atoms with van der Waals surface area (Å²) in [6.07, 6.45) is 0. The summed E-state index contributed by atoms with van der Waals surface area (Å²) in [6.45, 7) is -1.80. The predicted molar refractivity (Wildman–Crippen MR) is 69.1 cm³/mol. The van der Waals surface area contributed by atoms with Gasteiger partial charge < -0.3 is 9.47 Å². The average molecular weight is 337 g/mol. The molecule has 7 nitrogen and oxygen atoms in total. The number of esters is 2. The van der Waals surface area contributed by atoms with Gasteiger partial charge in [0.2, 0.25) is 10.0 Å². The molecule has 0 bridgehead atoms. The van der Waals surface area contributed by atoms with Crippen molar-refractivity contribution in [3.05, 3.63) is 29.8 Å². The first-order chi connectivity index (χ1) is 10.2. The molecule has 122 valence electrons. The van der Waals surface area contributed by atoms with Crippen molar-refractivity contribution in [2.75, 3.05) is 27.3 Å². The Hall–Kier alpha value is -2.07. The fourth-order valence-electron chi connectivity index (χ4n) is 1.50. The van der Waals surface area contributed by atoms with Gasteiger partial charge in [-0.3, -0.25) is 9.59 Å². The lowest BCUT2D eigenvalue weighted by atomic mass is 10.3. The summed E-state index contributed by atoms with van der Waals surface area (Å²) in [5.41, 5.74) is 0. The second-order valence-corrected chi connectivity index (χ2v) is 5.85. The average Bonchev–Trinajstić information content (AvgIpc) is 2.45. The standard InChI is InChI=1S/C12H13F2NO6S/c1-20-10(16)6-15(7-11(17)21-2)22(18,19)12-8(13)4-3-5-9(12)14/h3-5H,6-7H2,1-2H3. The number of benzene rings is 1. The molecular weight excluding hydrogens is 324 g/mol. The van der Waals surface area contributed by atoms with E-state index >= 15 is 0 Å². The molecule has 0 atom stereocenters. The highest BCUT2D eigenvalue weighted by molar-refractivity contribution is 7.89. The molecule has 0 heterocycles. The second kappa shape index (κ2) is 7.27. The van der Waals surface area contributed by atoms with Crippen molar-refractivity contribution >= 4 is 22.0 Å². The summed E-state index contributed by atoms with van der Waals surface area (Å²) in [7, 11) is -2.80. The lowest BCUT2D eigenvalue weighted by Gasteiger charge is -2.20. The van der Waals surface area contributed by atoms with Crippen molar-refractivity contribution in [2.45, 2.75) is 4.90 Å². The van der Waals surface area contributed by atoms with Gasteiger partial charge >= 0.3 is 11.9 Å². The molecule has 0 N–H and O–H groups in total. The second-order valence-electron chi connectivity index (χ2n) is 3.98. The quantitative estimate of drug-likeness (QED) is 0.694. The SMILES string of the molecule is COC(=O)CN(CC(=O)OC)S(=O)(=O)c1c(F)cccc1F. The van der Waals surface area contributed by atoms with E-state index in [1.54, 1.807) is 0 Å². The number of hydrogen-bond acceptors (Lipinski definition) is 6. The minimum Gasteiger partial charge on any atom is -0.468 e. The summed E-state index contributed by atoms with van der Waals surface area (Å²) in [4.78, 5) is 21.3. The van der Waals surface area contributed by atoms with E-state index in [1.165, 1.54) is 0 Å². The van der Waals surface area contributed by atoms with Crippen molar-refractivity contribution in [3.63, 3.8) is 0 Å². The van der Waals surface area contributed by atoms with Crippen molar-refractivity contribution in [1.82, 2.24) is 4.31 Å².